The molecule has 0 bridgehead atoms. The highest BCUT2D eigenvalue weighted by Gasteiger charge is 2.17. The Hall–Kier alpha value is -3.54. The highest BCUT2D eigenvalue weighted by atomic mass is 16.5. The van der Waals surface area contributed by atoms with Crippen molar-refractivity contribution in [2.24, 2.45) is 4.99 Å². The maximum absolute atomic E-state index is 13.2. The summed E-state index contributed by atoms with van der Waals surface area (Å²) in [5, 5.41) is 4.52. The normalized spacial score (nSPS) is 11.9. The summed E-state index contributed by atoms with van der Waals surface area (Å²) in [6.45, 7) is 4.67. The second-order valence-corrected chi connectivity index (χ2v) is 7.63. The Morgan fingerprint density at radius 2 is 1.87 bits per heavy atom. The first-order chi connectivity index (χ1) is 15.1. The van der Waals surface area contributed by atoms with Gasteiger partial charge in [-0.15, -0.1) is 0 Å². The summed E-state index contributed by atoms with van der Waals surface area (Å²) in [6, 6.07) is 15.7. The smallest absolute Gasteiger partial charge is 0.280 e. The molecule has 6 heteroatoms. The number of nitrogens with one attached hydrogen (secondary N) is 2. The Labute approximate surface area is 181 Å². The summed E-state index contributed by atoms with van der Waals surface area (Å²) in [4.78, 5) is 21.3. The minimum absolute atomic E-state index is 0.0676. The van der Waals surface area contributed by atoms with E-state index < -0.39 is 0 Å². The van der Waals surface area contributed by atoms with E-state index in [9.17, 15) is 4.79 Å². The molecule has 0 aliphatic carbocycles. The van der Waals surface area contributed by atoms with Crippen LogP contribution in [-0.2, 0) is 12.8 Å². The third-order valence-electron chi connectivity index (χ3n) is 5.56. The molecule has 2 heterocycles. The standard InChI is InChI=1S/C25H28N4O2/c1-4-7-23-24(25(30)29(28-23)19-10-12-20(31-3)13-11-19)17(2)26-15-14-18-16-27-22-9-6-5-8-21(18)22/h5-6,8-13,16,27-28H,4,7,14-15H2,1-3H3. The van der Waals surface area contributed by atoms with Crippen molar-refractivity contribution in [3.8, 4) is 11.4 Å². The summed E-state index contributed by atoms with van der Waals surface area (Å²) < 4.78 is 6.82. The van der Waals surface area contributed by atoms with Gasteiger partial charge in [0.05, 0.1) is 18.4 Å². The van der Waals surface area contributed by atoms with Gasteiger partial charge in [0.25, 0.3) is 5.56 Å². The fraction of sp³-hybridized carbons (Fsp3) is 0.280. The molecule has 0 spiro atoms. The Morgan fingerprint density at radius 3 is 2.61 bits per heavy atom. The molecule has 2 aromatic heterocycles. The van der Waals surface area contributed by atoms with Crippen LogP contribution in [0.25, 0.3) is 16.6 Å². The van der Waals surface area contributed by atoms with E-state index >= 15 is 0 Å². The van der Waals surface area contributed by atoms with E-state index in [1.165, 1.54) is 10.9 Å². The molecule has 0 aliphatic heterocycles. The maximum atomic E-state index is 13.2. The number of aryl methyl sites for hydroxylation is 1. The quantitative estimate of drug-likeness (QED) is 0.410. The maximum Gasteiger partial charge on any atom is 0.280 e. The van der Waals surface area contributed by atoms with Crippen molar-refractivity contribution in [1.82, 2.24) is 14.8 Å². The minimum atomic E-state index is -0.0676. The minimum Gasteiger partial charge on any atom is -0.497 e. The van der Waals surface area contributed by atoms with Crippen LogP contribution in [-0.4, -0.2) is 34.1 Å². The van der Waals surface area contributed by atoms with Gasteiger partial charge < -0.3 is 9.72 Å². The number of aromatic nitrogens is 3. The third-order valence-corrected chi connectivity index (χ3v) is 5.56. The van der Waals surface area contributed by atoms with Gasteiger partial charge in [0.1, 0.15) is 5.75 Å². The SMILES string of the molecule is CCCc1[nH]n(-c2ccc(OC)cc2)c(=O)c1C(C)=NCCc1c[nH]c2ccccc12. The highest BCUT2D eigenvalue weighted by molar-refractivity contribution is 5.99. The van der Waals surface area contributed by atoms with Crippen molar-refractivity contribution in [2.75, 3.05) is 13.7 Å². The molecule has 0 saturated heterocycles. The average molecular weight is 417 g/mol. The molecule has 6 nitrogen and oxygen atoms in total. The molecule has 0 amide bonds. The Bertz CT molecular complexity index is 1260. The lowest BCUT2D eigenvalue weighted by atomic mass is 10.1. The molecule has 2 N–H and O–H groups in total. The molecule has 0 fully saturated rings. The van der Waals surface area contributed by atoms with Gasteiger partial charge in [-0.2, -0.15) is 0 Å². The van der Waals surface area contributed by atoms with Crippen LogP contribution in [0.1, 0.15) is 37.1 Å². The molecule has 2 aromatic carbocycles. The summed E-state index contributed by atoms with van der Waals surface area (Å²) in [6.07, 6.45) is 4.60. The number of fused-ring (bicyclic) bond motifs is 1. The van der Waals surface area contributed by atoms with E-state index in [0.29, 0.717) is 12.1 Å². The number of methoxy groups -OCH3 is 1. The van der Waals surface area contributed by atoms with Crippen LogP contribution in [0, 0.1) is 0 Å². The lowest BCUT2D eigenvalue weighted by Crippen LogP contribution is -2.20. The Kier molecular flexibility index (Phi) is 6.07. The zero-order chi connectivity index (χ0) is 21.8. The number of hydrogen-bond acceptors (Lipinski definition) is 3. The van der Waals surface area contributed by atoms with Crippen LogP contribution < -0.4 is 10.3 Å². The third kappa shape index (κ3) is 4.19. The van der Waals surface area contributed by atoms with Gasteiger partial charge in [-0.05, 0) is 55.7 Å². The van der Waals surface area contributed by atoms with E-state index in [2.05, 4.69) is 29.1 Å². The van der Waals surface area contributed by atoms with E-state index in [1.54, 1.807) is 11.8 Å². The zero-order valence-electron chi connectivity index (χ0n) is 18.2. The van der Waals surface area contributed by atoms with Gasteiger partial charge in [0.15, 0.2) is 0 Å². The first-order valence-corrected chi connectivity index (χ1v) is 10.7. The molecule has 0 saturated carbocycles. The monoisotopic (exact) mass is 416 g/mol. The van der Waals surface area contributed by atoms with Crippen molar-refractivity contribution in [3.63, 3.8) is 0 Å². The largest absolute Gasteiger partial charge is 0.497 e. The van der Waals surface area contributed by atoms with Gasteiger partial charge in [-0.3, -0.25) is 14.9 Å². The zero-order valence-corrected chi connectivity index (χ0v) is 18.2. The Morgan fingerprint density at radius 1 is 1.10 bits per heavy atom. The number of rotatable bonds is 8. The molecule has 0 atom stereocenters. The fourth-order valence-corrected chi connectivity index (χ4v) is 3.96. The van der Waals surface area contributed by atoms with Crippen LogP contribution in [0.2, 0.25) is 0 Å². The number of aliphatic imine (C=N–C) groups is 1. The van der Waals surface area contributed by atoms with Crippen LogP contribution in [0.5, 0.6) is 5.75 Å². The van der Waals surface area contributed by atoms with Gasteiger partial charge in [-0.25, -0.2) is 4.68 Å². The van der Waals surface area contributed by atoms with Crippen molar-refractivity contribution in [3.05, 3.63) is 81.9 Å². The average Bonchev–Trinajstić information content (AvgIpc) is 3.35. The summed E-state index contributed by atoms with van der Waals surface area (Å²) in [5.41, 5.74) is 5.47. The number of H-pyrrole nitrogens is 2. The van der Waals surface area contributed by atoms with E-state index in [-0.39, 0.29) is 5.56 Å². The van der Waals surface area contributed by atoms with E-state index in [4.69, 9.17) is 9.73 Å². The van der Waals surface area contributed by atoms with Gasteiger partial charge in [0, 0.05) is 35.1 Å². The first-order valence-electron chi connectivity index (χ1n) is 10.7. The molecule has 0 aliphatic rings. The summed E-state index contributed by atoms with van der Waals surface area (Å²) >= 11 is 0. The van der Waals surface area contributed by atoms with Crippen LogP contribution in [0.3, 0.4) is 0 Å². The van der Waals surface area contributed by atoms with Gasteiger partial charge in [0.2, 0.25) is 0 Å². The Balaban J connectivity index is 1.60. The molecule has 0 unspecified atom stereocenters. The number of ether oxygens (including phenoxy) is 1. The molecule has 4 rings (SSSR count). The molecular weight excluding hydrogens is 388 g/mol. The van der Waals surface area contributed by atoms with Crippen molar-refractivity contribution in [1.29, 1.82) is 0 Å². The predicted molar refractivity (Wildman–Crippen MR) is 126 cm³/mol. The lowest BCUT2D eigenvalue weighted by molar-refractivity contribution is 0.414. The van der Waals surface area contributed by atoms with Crippen LogP contribution >= 0.6 is 0 Å². The number of aromatic amines is 2. The highest BCUT2D eigenvalue weighted by Crippen LogP contribution is 2.19. The lowest BCUT2D eigenvalue weighted by Gasteiger charge is -2.03. The van der Waals surface area contributed by atoms with Gasteiger partial charge in [-0.1, -0.05) is 31.5 Å². The molecular formula is C25H28N4O2. The van der Waals surface area contributed by atoms with Crippen molar-refractivity contribution >= 4 is 16.6 Å². The van der Waals surface area contributed by atoms with Crippen LogP contribution in [0.15, 0.2) is 64.5 Å². The predicted octanol–water partition coefficient (Wildman–Crippen LogP) is 4.66. The van der Waals surface area contributed by atoms with Crippen molar-refractivity contribution < 1.29 is 4.74 Å². The molecule has 31 heavy (non-hydrogen) atoms. The number of benzene rings is 2. The summed E-state index contributed by atoms with van der Waals surface area (Å²) in [7, 11) is 1.63. The van der Waals surface area contributed by atoms with Crippen molar-refractivity contribution in [2.45, 2.75) is 33.1 Å². The number of nitrogens with zero attached hydrogens (tertiary/aromatic N) is 2. The number of hydrogen-bond donors (Lipinski definition) is 2. The second kappa shape index (κ2) is 9.08. The molecule has 160 valence electrons. The van der Waals surface area contributed by atoms with Gasteiger partial charge >= 0.3 is 0 Å². The fourth-order valence-electron chi connectivity index (χ4n) is 3.96. The van der Waals surface area contributed by atoms with E-state index in [1.807, 2.05) is 49.5 Å². The molecule has 4 aromatic rings. The molecule has 0 radical (unpaired) electrons. The number of para-hydroxylation sites is 1. The topological polar surface area (TPSA) is 75.2 Å². The summed E-state index contributed by atoms with van der Waals surface area (Å²) in [5.74, 6) is 0.757. The second-order valence-electron chi connectivity index (χ2n) is 7.63. The van der Waals surface area contributed by atoms with Crippen LogP contribution in [0.4, 0.5) is 0 Å². The van der Waals surface area contributed by atoms with E-state index in [0.717, 1.165) is 47.6 Å². The first kappa shape index (κ1) is 20.7.